The maximum atomic E-state index is 10.8. The van der Waals surface area contributed by atoms with Crippen LogP contribution in [-0.2, 0) is 17.8 Å². The topological polar surface area (TPSA) is 48.8 Å². The minimum atomic E-state index is -0.546. The van der Waals surface area contributed by atoms with Crippen LogP contribution in [0, 0.1) is 0 Å². The fraction of sp³-hybridized carbons (Fsp3) is 0.393. The molecule has 1 heterocycles. The Morgan fingerprint density at radius 3 is 1.73 bits per heavy atom. The molecule has 5 nitrogen and oxygen atoms in total. The summed E-state index contributed by atoms with van der Waals surface area (Å²) in [6, 6.07) is 26.5. The van der Waals surface area contributed by atoms with Crippen LogP contribution in [0.3, 0.4) is 0 Å². The predicted molar refractivity (Wildman–Crippen MR) is 134 cm³/mol. The largest absolute Gasteiger partial charge is 0.387 e. The Hall–Kier alpha value is -2.57. The first-order chi connectivity index (χ1) is 15.9. The highest BCUT2D eigenvalue weighted by molar-refractivity contribution is 5.20. The molecule has 3 rings (SSSR count). The van der Waals surface area contributed by atoms with Gasteiger partial charge in [0, 0.05) is 32.3 Å². The van der Waals surface area contributed by atoms with Crippen molar-refractivity contribution in [3.8, 4) is 0 Å². The summed E-state index contributed by atoms with van der Waals surface area (Å²) in [4.78, 5) is 9.32. The third-order valence-corrected chi connectivity index (χ3v) is 6.50. The van der Waals surface area contributed by atoms with E-state index in [1.807, 2.05) is 68.6 Å². The average Bonchev–Trinajstić information content (AvgIpc) is 2.85. The second-order valence-electron chi connectivity index (χ2n) is 8.85. The van der Waals surface area contributed by atoms with Crippen LogP contribution < -0.4 is 0 Å². The Balaban J connectivity index is 1.63. The van der Waals surface area contributed by atoms with Crippen LogP contribution in [0.5, 0.6) is 0 Å². The van der Waals surface area contributed by atoms with Crippen LogP contribution in [0.25, 0.3) is 0 Å². The van der Waals surface area contributed by atoms with Gasteiger partial charge in [-0.05, 0) is 51.2 Å². The highest BCUT2D eigenvalue weighted by atomic mass is 16.5. The Labute approximate surface area is 198 Å². The van der Waals surface area contributed by atoms with E-state index in [0.29, 0.717) is 6.54 Å². The Morgan fingerprint density at radius 1 is 0.727 bits per heavy atom. The van der Waals surface area contributed by atoms with Gasteiger partial charge in [0.25, 0.3) is 0 Å². The molecule has 0 radical (unpaired) electrons. The van der Waals surface area contributed by atoms with Gasteiger partial charge in [-0.3, -0.25) is 14.8 Å². The first kappa shape index (κ1) is 25.1. The van der Waals surface area contributed by atoms with Crippen molar-refractivity contribution in [2.45, 2.75) is 51.2 Å². The lowest BCUT2D eigenvalue weighted by molar-refractivity contribution is 0.0268. The number of ether oxygens (including phenoxy) is 1. The lowest BCUT2D eigenvalue weighted by Gasteiger charge is -2.31. The van der Waals surface area contributed by atoms with E-state index in [1.165, 1.54) is 5.56 Å². The van der Waals surface area contributed by atoms with Gasteiger partial charge in [-0.25, -0.2) is 0 Å². The second kappa shape index (κ2) is 12.1. The van der Waals surface area contributed by atoms with Crippen LogP contribution >= 0.6 is 0 Å². The van der Waals surface area contributed by atoms with Crippen molar-refractivity contribution in [3.63, 3.8) is 0 Å². The summed E-state index contributed by atoms with van der Waals surface area (Å²) in [6.07, 6.45) is -0.554. The summed E-state index contributed by atoms with van der Waals surface area (Å²) in [5, 5.41) is 10.8. The molecule has 5 heteroatoms. The lowest BCUT2D eigenvalue weighted by Crippen LogP contribution is -2.35. The number of methoxy groups -OCH3 is 1. The summed E-state index contributed by atoms with van der Waals surface area (Å²) in [6.45, 7) is 5.63. The number of aliphatic hydroxyl groups is 1. The third kappa shape index (κ3) is 6.71. The van der Waals surface area contributed by atoms with E-state index in [4.69, 9.17) is 9.72 Å². The molecule has 0 saturated heterocycles. The molecule has 0 aliphatic heterocycles. The van der Waals surface area contributed by atoms with E-state index in [0.717, 1.165) is 23.5 Å². The average molecular weight is 448 g/mol. The lowest BCUT2D eigenvalue weighted by atomic mass is 10.0. The molecule has 4 atom stereocenters. The Morgan fingerprint density at radius 2 is 1.21 bits per heavy atom. The highest BCUT2D eigenvalue weighted by Crippen LogP contribution is 2.25. The Kier molecular flexibility index (Phi) is 9.15. The van der Waals surface area contributed by atoms with Crippen molar-refractivity contribution in [2.24, 2.45) is 0 Å². The molecule has 0 fully saturated rings. The molecule has 2 aromatic carbocycles. The van der Waals surface area contributed by atoms with E-state index in [-0.39, 0.29) is 18.2 Å². The molecule has 33 heavy (non-hydrogen) atoms. The summed E-state index contributed by atoms with van der Waals surface area (Å²) in [7, 11) is 5.91. The number of aromatic nitrogens is 1. The normalized spacial score (nSPS) is 15.4. The molecule has 1 aromatic heterocycles. The zero-order valence-electron chi connectivity index (χ0n) is 20.4. The number of likely N-dealkylation sites (N-methyl/N-ethyl adjacent to an activating group) is 2. The van der Waals surface area contributed by atoms with Crippen molar-refractivity contribution in [3.05, 3.63) is 101 Å². The quantitative estimate of drug-likeness (QED) is 0.456. The number of hydrogen-bond donors (Lipinski definition) is 1. The second-order valence-corrected chi connectivity index (χ2v) is 8.85. The summed E-state index contributed by atoms with van der Waals surface area (Å²) in [5.41, 5.74) is 4.12. The van der Waals surface area contributed by atoms with Crippen LogP contribution in [0.1, 0.15) is 48.6 Å². The number of aliphatic hydroxyl groups excluding tert-OH is 1. The van der Waals surface area contributed by atoms with Crippen LogP contribution in [0.15, 0.2) is 78.9 Å². The maximum Gasteiger partial charge on any atom is 0.0973 e. The molecule has 0 saturated carbocycles. The van der Waals surface area contributed by atoms with E-state index in [2.05, 4.69) is 48.0 Å². The molecule has 176 valence electrons. The summed E-state index contributed by atoms with van der Waals surface area (Å²) < 4.78 is 5.83. The van der Waals surface area contributed by atoms with Gasteiger partial charge in [-0.1, -0.05) is 66.7 Å². The zero-order valence-corrected chi connectivity index (χ0v) is 20.4. The highest BCUT2D eigenvalue weighted by Gasteiger charge is 2.23. The minimum Gasteiger partial charge on any atom is -0.387 e. The van der Waals surface area contributed by atoms with E-state index < -0.39 is 6.10 Å². The van der Waals surface area contributed by atoms with Gasteiger partial charge in [0.15, 0.2) is 0 Å². The maximum absolute atomic E-state index is 10.8. The number of rotatable bonds is 11. The smallest absolute Gasteiger partial charge is 0.0973 e. The van der Waals surface area contributed by atoms with Crippen LogP contribution in [0.4, 0.5) is 0 Å². The molecular weight excluding hydrogens is 410 g/mol. The van der Waals surface area contributed by atoms with Crippen molar-refractivity contribution in [2.75, 3.05) is 21.2 Å². The number of benzene rings is 2. The summed E-state index contributed by atoms with van der Waals surface area (Å²) >= 11 is 0. The van der Waals surface area contributed by atoms with Crippen LogP contribution in [0.2, 0.25) is 0 Å². The van der Waals surface area contributed by atoms with Crippen molar-refractivity contribution in [1.82, 2.24) is 14.8 Å². The first-order valence-corrected chi connectivity index (χ1v) is 11.6. The molecule has 3 aromatic rings. The molecule has 0 aliphatic carbocycles. The monoisotopic (exact) mass is 447 g/mol. The molecule has 0 amide bonds. The van der Waals surface area contributed by atoms with Gasteiger partial charge in [0.1, 0.15) is 0 Å². The van der Waals surface area contributed by atoms with Gasteiger partial charge in [0.05, 0.1) is 23.6 Å². The van der Waals surface area contributed by atoms with Gasteiger partial charge < -0.3 is 9.84 Å². The number of pyridine rings is 1. The standard InChI is InChI=1S/C28H37N3O2/c1-21(27(32)23-13-8-6-9-14-23)30(3)19-25-17-12-18-26(29-25)20-31(4)22(2)28(33-5)24-15-10-7-11-16-24/h6-18,21-22,27-28,32H,19-20H2,1-5H3/t21-,22-,27-,28-/m0/s1. The van der Waals surface area contributed by atoms with Gasteiger partial charge in [-0.15, -0.1) is 0 Å². The molecule has 0 spiro atoms. The molecule has 1 N–H and O–H groups in total. The fourth-order valence-corrected chi connectivity index (χ4v) is 4.16. The van der Waals surface area contributed by atoms with Gasteiger partial charge in [-0.2, -0.15) is 0 Å². The van der Waals surface area contributed by atoms with Gasteiger partial charge in [0.2, 0.25) is 0 Å². The molecular formula is C28H37N3O2. The van der Waals surface area contributed by atoms with Crippen LogP contribution in [-0.4, -0.2) is 53.2 Å². The van der Waals surface area contributed by atoms with Gasteiger partial charge >= 0.3 is 0 Å². The van der Waals surface area contributed by atoms with Crippen molar-refractivity contribution in [1.29, 1.82) is 0 Å². The molecule has 0 unspecified atom stereocenters. The Bertz CT molecular complexity index is 967. The summed E-state index contributed by atoms with van der Waals surface area (Å²) in [5.74, 6) is 0. The number of nitrogens with zero attached hydrogens (tertiary/aromatic N) is 3. The zero-order chi connectivity index (χ0) is 23.8. The SMILES string of the molecule is CO[C@H](c1ccccc1)[C@H](C)N(C)Cc1cccc(CN(C)[C@@H](C)[C@H](O)c2ccccc2)n1. The molecule has 0 bridgehead atoms. The minimum absolute atomic E-state index is 0.00848. The van der Waals surface area contributed by atoms with E-state index in [9.17, 15) is 5.11 Å². The number of hydrogen-bond acceptors (Lipinski definition) is 5. The predicted octanol–water partition coefficient (Wildman–Crippen LogP) is 4.84. The molecule has 0 aliphatic rings. The third-order valence-electron chi connectivity index (χ3n) is 6.50. The fourth-order valence-electron chi connectivity index (χ4n) is 4.16. The first-order valence-electron chi connectivity index (χ1n) is 11.6. The van der Waals surface area contributed by atoms with E-state index in [1.54, 1.807) is 7.11 Å². The van der Waals surface area contributed by atoms with Crippen molar-refractivity contribution >= 4 is 0 Å². The van der Waals surface area contributed by atoms with E-state index >= 15 is 0 Å². The van der Waals surface area contributed by atoms with Crippen molar-refractivity contribution < 1.29 is 9.84 Å².